The summed E-state index contributed by atoms with van der Waals surface area (Å²) in [5, 5.41) is 11.5. The molecule has 1 N–H and O–H groups in total. The normalized spacial score (nSPS) is 16.4. The molecule has 1 amide bonds. The fourth-order valence-corrected chi connectivity index (χ4v) is 3.53. The van der Waals surface area contributed by atoms with Crippen LogP contribution in [0.25, 0.3) is 22.4 Å². The molecule has 1 aliphatic rings. The summed E-state index contributed by atoms with van der Waals surface area (Å²) in [5.74, 6) is 0.460. The first-order valence-corrected chi connectivity index (χ1v) is 9.05. The van der Waals surface area contributed by atoms with Gasteiger partial charge in [-0.05, 0) is 24.3 Å². The van der Waals surface area contributed by atoms with Crippen molar-refractivity contribution in [2.24, 2.45) is 0 Å². The van der Waals surface area contributed by atoms with Crippen molar-refractivity contribution in [3.8, 4) is 11.5 Å². The molecule has 140 valence electrons. The van der Waals surface area contributed by atoms with Gasteiger partial charge >= 0.3 is 0 Å². The van der Waals surface area contributed by atoms with Crippen molar-refractivity contribution in [3.63, 3.8) is 0 Å². The largest absolute Gasteiger partial charge is 0.463 e. The number of carbonyl (C=O) groups excluding carboxylic acids is 1. The molecular formula is C21H22N2O4. The number of likely N-dealkylation sites (N-methyl/N-ethyl adjacent to an activating group) is 1. The van der Waals surface area contributed by atoms with E-state index in [0.717, 1.165) is 10.9 Å². The maximum Gasteiger partial charge on any atom is 0.254 e. The second-order valence-corrected chi connectivity index (χ2v) is 7.05. The Hall–Kier alpha value is -2.70. The maximum absolute atomic E-state index is 13.2. The smallest absolute Gasteiger partial charge is 0.254 e. The molecule has 6 nitrogen and oxygen atoms in total. The maximum atomic E-state index is 13.2. The number of fused-ring (bicyclic) bond motifs is 1. The van der Waals surface area contributed by atoms with Gasteiger partial charge in [0.15, 0.2) is 5.76 Å². The van der Waals surface area contributed by atoms with E-state index in [1.807, 2.05) is 30.3 Å². The predicted molar refractivity (Wildman–Crippen MR) is 101 cm³/mol. The van der Waals surface area contributed by atoms with E-state index in [4.69, 9.17) is 9.15 Å². The number of furan rings is 1. The zero-order chi connectivity index (χ0) is 18.9. The number of para-hydroxylation sites is 1. The van der Waals surface area contributed by atoms with Gasteiger partial charge in [0.25, 0.3) is 5.91 Å². The molecule has 2 aromatic heterocycles. The van der Waals surface area contributed by atoms with Crippen LogP contribution >= 0.6 is 0 Å². The molecule has 1 aromatic carbocycles. The molecule has 6 heteroatoms. The van der Waals surface area contributed by atoms with E-state index in [2.05, 4.69) is 4.98 Å². The topological polar surface area (TPSA) is 75.8 Å². The van der Waals surface area contributed by atoms with Gasteiger partial charge in [-0.2, -0.15) is 0 Å². The van der Waals surface area contributed by atoms with Gasteiger partial charge in [0, 0.05) is 45.0 Å². The highest BCUT2D eigenvalue weighted by molar-refractivity contribution is 6.07. The summed E-state index contributed by atoms with van der Waals surface area (Å²) >= 11 is 0. The molecule has 1 saturated heterocycles. The Labute approximate surface area is 157 Å². The van der Waals surface area contributed by atoms with E-state index >= 15 is 0 Å². The number of hydrogen-bond acceptors (Lipinski definition) is 5. The van der Waals surface area contributed by atoms with Crippen molar-refractivity contribution in [1.29, 1.82) is 0 Å². The molecule has 1 fully saturated rings. The number of ether oxygens (including phenoxy) is 1. The third-order valence-corrected chi connectivity index (χ3v) is 5.02. The second-order valence-electron chi connectivity index (χ2n) is 7.05. The van der Waals surface area contributed by atoms with Crippen molar-refractivity contribution in [3.05, 3.63) is 54.3 Å². The number of hydrogen-bond donors (Lipinski definition) is 1. The highest BCUT2D eigenvalue weighted by Gasteiger charge is 2.33. The van der Waals surface area contributed by atoms with E-state index < -0.39 is 5.60 Å². The molecule has 4 rings (SSSR count). The van der Waals surface area contributed by atoms with Gasteiger partial charge in [-0.15, -0.1) is 0 Å². The Kier molecular flexibility index (Phi) is 4.68. The van der Waals surface area contributed by atoms with Crippen molar-refractivity contribution in [1.82, 2.24) is 9.88 Å². The molecular weight excluding hydrogens is 344 g/mol. The van der Waals surface area contributed by atoms with Crippen LogP contribution in [-0.4, -0.2) is 53.3 Å². The van der Waals surface area contributed by atoms with Crippen LogP contribution in [-0.2, 0) is 4.74 Å². The lowest BCUT2D eigenvalue weighted by molar-refractivity contribution is -0.0734. The molecule has 0 saturated carbocycles. The van der Waals surface area contributed by atoms with Crippen LogP contribution in [0.5, 0.6) is 0 Å². The third kappa shape index (κ3) is 3.59. The van der Waals surface area contributed by atoms with Crippen molar-refractivity contribution < 1.29 is 19.1 Å². The number of nitrogens with zero attached hydrogens (tertiary/aromatic N) is 2. The van der Waals surface area contributed by atoms with Gasteiger partial charge in [-0.25, -0.2) is 4.98 Å². The number of benzene rings is 1. The highest BCUT2D eigenvalue weighted by atomic mass is 16.5. The van der Waals surface area contributed by atoms with Crippen LogP contribution in [0.15, 0.2) is 53.1 Å². The Morgan fingerprint density at radius 3 is 2.74 bits per heavy atom. The van der Waals surface area contributed by atoms with Crippen molar-refractivity contribution in [2.45, 2.75) is 18.4 Å². The molecule has 0 radical (unpaired) electrons. The second kappa shape index (κ2) is 7.13. The van der Waals surface area contributed by atoms with E-state index in [1.165, 1.54) is 0 Å². The average Bonchev–Trinajstić information content (AvgIpc) is 3.21. The third-order valence-electron chi connectivity index (χ3n) is 5.02. The monoisotopic (exact) mass is 366 g/mol. The summed E-state index contributed by atoms with van der Waals surface area (Å²) in [6, 6.07) is 12.9. The van der Waals surface area contributed by atoms with Gasteiger partial charge in [0.1, 0.15) is 5.69 Å². The Morgan fingerprint density at radius 2 is 2.00 bits per heavy atom. The number of rotatable bonds is 4. The standard InChI is InChI=1S/C21H22N2O4/c1-23(14-21(25)8-11-26-12-9-21)20(24)16-13-18(19-7-4-10-27-19)22-17-6-3-2-5-15(16)17/h2-7,10,13,25H,8-9,11-12,14H2,1H3. The van der Waals surface area contributed by atoms with Crippen LogP contribution in [0.1, 0.15) is 23.2 Å². The molecule has 0 unspecified atom stereocenters. The predicted octanol–water partition coefficient (Wildman–Crippen LogP) is 3.11. The molecule has 27 heavy (non-hydrogen) atoms. The van der Waals surface area contributed by atoms with E-state index in [1.54, 1.807) is 30.3 Å². The lowest BCUT2D eigenvalue weighted by atomic mass is 9.93. The van der Waals surface area contributed by atoms with Crippen LogP contribution in [0.2, 0.25) is 0 Å². The molecule has 0 bridgehead atoms. The molecule has 3 aromatic rings. The first kappa shape index (κ1) is 17.7. The first-order valence-electron chi connectivity index (χ1n) is 9.05. The van der Waals surface area contributed by atoms with Gasteiger partial charge in [0.05, 0.1) is 22.9 Å². The minimum atomic E-state index is -0.907. The van der Waals surface area contributed by atoms with Crippen LogP contribution in [0.3, 0.4) is 0 Å². The number of carbonyl (C=O) groups is 1. The summed E-state index contributed by atoms with van der Waals surface area (Å²) in [4.78, 5) is 19.4. The summed E-state index contributed by atoms with van der Waals surface area (Å²) < 4.78 is 10.8. The van der Waals surface area contributed by atoms with Crippen LogP contribution in [0, 0.1) is 0 Å². The zero-order valence-electron chi connectivity index (χ0n) is 15.2. The fourth-order valence-electron chi connectivity index (χ4n) is 3.53. The number of aliphatic hydroxyl groups is 1. The Balaban J connectivity index is 1.70. The van der Waals surface area contributed by atoms with Crippen LogP contribution in [0.4, 0.5) is 0 Å². The minimum absolute atomic E-state index is 0.152. The van der Waals surface area contributed by atoms with Gasteiger partial charge in [0.2, 0.25) is 0 Å². The number of aromatic nitrogens is 1. The molecule has 3 heterocycles. The average molecular weight is 366 g/mol. The highest BCUT2D eigenvalue weighted by Crippen LogP contribution is 2.27. The summed E-state index contributed by atoms with van der Waals surface area (Å²) in [6.07, 6.45) is 2.64. The SMILES string of the molecule is CN(CC1(O)CCOCC1)C(=O)c1cc(-c2ccco2)nc2ccccc12. The van der Waals surface area contributed by atoms with Gasteiger partial charge in [-0.3, -0.25) is 4.79 Å². The van der Waals surface area contributed by atoms with Crippen molar-refractivity contribution >= 4 is 16.8 Å². The minimum Gasteiger partial charge on any atom is -0.463 e. The molecule has 0 aliphatic carbocycles. The summed E-state index contributed by atoms with van der Waals surface area (Å²) in [5.41, 5.74) is 0.980. The Bertz CT molecular complexity index is 946. The summed E-state index contributed by atoms with van der Waals surface area (Å²) in [7, 11) is 1.72. The fraction of sp³-hybridized carbons (Fsp3) is 0.333. The lowest BCUT2D eigenvalue weighted by Crippen LogP contribution is -2.47. The molecule has 0 atom stereocenters. The van der Waals surface area contributed by atoms with Crippen LogP contribution < -0.4 is 0 Å². The molecule has 0 spiro atoms. The number of pyridine rings is 1. The van der Waals surface area contributed by atoms with E-state index in [9.17, 15) is 9.90 Å². The summed E-state index contributed by atoms with van der Waals surface area (Å²) in [6.45, 7) is 1.29. The van der Waals surface area contributed by atoms with Gasteiger partial charge in [-0.1, -0.05) is 18.2 Å². The Morgan fingerprint density at radius 1 is 1.22 bits per heavy atom. The van der Waals surface area contributed by atoms with Crippen molar-refractivity contribution in [2.75, 3.05) is 26.8 Å². The molecule has 1 aliphatic heterocycles. The quantitative estimate of drug-likeness (QED) is 0.768. The van der Waals surface area contributed by atoms with E-state index in [0.29, 0.717) is 43.1 Å². The van der Waals surface area contributed by atoms with E-state index in [-0.39, 0.29) is 12.5 Å². The van der Waals surface area contributed by atoms with Gasteiger partial charge < -0.3 is 19.2 Å². The zero-order valence-corrected chi connectivity index (χ0v) is 15.2. The first-order chi connectivity index (χ1) is 13.1. The number of amides is 1. The lowest BCUT2D eigenvalue weighted by Gasteiger charge is -2.35.